The van der Waals surface area contributed by atoms with Crippen molar-refractivity contribution in [1.82, 2.24) is 10.2 Å². The second kappa shape index (κ2) is 10.1. The lowest BCUT2D eigenvalue weighted by atomic mass is 10.1. The van der Waals surface area contributed by atoms with E-state index in [2.05, 4.69) is 34.3 Å². The van der Waals surface area contributed by atoms with Crippen molar-refractivity contribution in [3.8, 4) is 0 Å². The fourth-order valence-corrected chi connectivity index (χ4v) is 3.21. The van der Waals surface area contributed by atoms with Crippen LogP contribution >= 0.6 is 0 Å². The van der Waals surface area contributed by atoms with Crippen LogP contribution in [0.25, 0.3) is 0 Å². The van der Waals surface area contributed by atoms with Gasteiger partial charge in [0.1, 0.15) is 0 Å². The number of morpholine rings is 1. The Morgan fingerprint density at radius 1 is 1.07 bits per heavy atom. The highest BCUT2D eigenvalue weighted by molar-refractivity contribution is 5.94. The van der Waals surface area contributed by atoms with Crippen molar-refractivity contribution < 1.29 is 9.53 Å². The summed E-state index contributed by atoms with van der Waals surface area (Å²) in [6, 6.07) is 18.2. The highest BCUT2D eigenvalue weighted by Crippen LogP contribution is 2.11. The number of hydrogen-bond acceptors (Lipinski definition) is 4. The van der Waals surface area contributed by atoms with E-state index in [4.69, 9.17) is 4.74 Å². The Bertz CT molecular complexity index is 697. The molecule has 1 aliphatic rings. The molecule has 0 saturated carbocycles. The maximum Gasteiger partial charge on any atom is 0.251 e. The van der Waals surface area contributed by atoms with Crippen molar-refractivity contribution in [2.45, 2.75) is 13.0 Å². The molecule has 0 aromatic heterocycles. The SMILES string of the molecule is CN(CCCNC(=O)c1ccc(CN2CCOCC2)cc1)c1ccccc1. The zero-order valence-corrected chi connectivity index (χ0v) is 16.1. The maximum atomic E-state index is 12.3. The normalized spacial score (nSPS) is 14.7. The van der Waals surface area contributed by atoms with Crippen LogP contribution in [0, 0.1) is 0 Å². The van der Waals surface area contributed by atoms with E-state index in [0.29, 0.717) is 6.54 Å². The van der Waals surface area contributed by atoms with E-state index in [-0.39, 0.29) is 5.91 Å². The largest absolute Gasteiger partial charge is 0.379 e. The molecule has 1 saturated heterocycles. The van der Waals surface area contributed by atoms with Crippen molar-refractivity contribution in [2.75, 3.05) is 51.3 Å². The van der Waals surface area contributed by atoms with Crippen LogP contribution in [0.5, 0.6) is 0 Å². The Morgan fingerprint density at radius 3 is 2.48 bits per heavy atom. The van der Waals surface area contributed by atoms with Crippen LogP contribution in [-0.2, 0) is 11.3 Å². The van der Waals surface area contributed by atoms with Gasteiger partial charge in [0, 0.05) is 51.0 Å². The van der Waals surface area contributed by atoms with Gasteiger partial charge in [0.15, 0.2) is 0 Å². The first-order valence-electron chi connectivity index (χ1n) is 9.66. The van der Waals surface area contributed by atoms with Crippen LogP contribution in [0.4, 0.5) is 5.69 Å². The number of nitrogens with zero attached hydrogens (tertiary/aromatic N) is 2. The number of nitrogens with one attached hydrogen (secondary N) is 1. The molecule has 27 heavy (non-hydrogen) atoms. The maximum absolute atomic E-state index is 12.3. The van der Waals surface area contributed by atoms with E-state index in [1.54, 1.807) is 0 Å². The zero-order valence-electron chi connectivity index (χ0n) is 16.1. The average Bonchev–Trinajstić information content (AvgIpc) is 2.73. The molecule has 0 atom stereocenters. The molecule has 0 aliphatic carbocycles. The molecule has 0 bridgehead atoms. The van der Waals surface area contributed by atoms with Gasteiger partial charge < -0.3 is 15.0 Å². The molecular weight excluding hydrogens is 338 g/mol. The minimum absolute atomic E-state index is 0.00436. The standard InChI is InChI=1S/C22H29N3O2/c1-24(21-6-3-2-4-7-21)13-5-12-23-22(26)20-10-8-19(9-11-20)18-25-14-16-27-17-15-25/h2-4,6-11H,5,12-18H2,1H3,(H,23,26). The Hall–Kier alpha value is -2.37. The van der Waals surface area contributed by atoms with Gasteiger partial charge in [-0.3, -0.25) is 9.69 Å². The van der Waals surface area contributed by atoms with Gasteiger partial charge in [-0.15, -0.1) is 0 Å². The third-order valence-corrected chi connectivity index (χ3v) is 4.88. The van der Waals surface area contributed by atoms with Crippen molar-refractivity contribution >= 4 is 11.6 Å². The Morgan fingerprint density at radius 2 is 1.78 bits per heavy atom. The van der Waals surface area contributed by atoms with Crippen molar-refractivity contribution in [3.05, 3.63) is 65.7 Å². The molecule has 1 fully saturated rings. The van der Waals surface area contributed by atoms with Gasteiger partial charge in [0.05, 0.1) is 13.2 Å². The van der Waals surface area contributed by atoms with Crippen LogP contribution in [0.1, 0.15) is 22.3 Å². The Kier molecular flexibility index (Phi) is 7.25. The molecule has 1 N–H and O–H groups in total. The number of amides is 1. The summed E-state index contributed by atoms with van der Waals surface area (Å²) in [5, 5.41) is 3.01. The van der Waals surface area contributed by atoms with Crippen LogP contribution in [0.3, 0.4) is 0 Å². The molecule has 0 radical (unpaired) electrons. The molecule has 144 valence electrons. The van der Waals surface area contributed by atoms with Gasteiger partial charge in [-0.05, 0) is 36.2 Å². The van der Waals surface area contributed by atoms with E-state index in [1.807, 2.05) is 42.5 Å². The summed E-state index contributed by atoms with van der Waals surface area (Å²) in [6.45, 7) is 6.05. The first-order valence-corrected chi connectivity index (χ1v) is 9.66. The number of carbonyl (C=O) groups excluding carboxylic acids is 1. The zero-order chi connectivity index (χ0) is 18.9. The summed E-state index contributed by atoms with van der Waals surface area (Å²) in [5.41, 5.74) is 3.15. The average molecular weight is 367 g/mol. The third-order valence-electron chi connectivity index (χ3n) is 4.88. The first kappa shape index (κ1) is 19.4. The second-order valence-electron chi connectivity index (χ2n) is 6.95. The predicted octanol–water partition coefficient (Wildman–Crippen LogP) is 2.78. The highest BCUT2D eigenvalue weighted by atomic mass is 16.5. The summed E-state index contributed by atoms with van der Waals surface area (Å²) in [7, 11) is 2.07. The van der Waals surface area contributed by atoms with Crippen LogP contribution in [-0.4, -0.2) is 57.2 Å². The minimum atomic E-state index is -0.00436. The first-order chi connectivity index (χ1) is 13.2. The number of carbonyl (C=O) groups is 1. The summed E-state index contributed by atoms with van der Waals surface area (Å²) in [6.07, 6.45) is 0.909. The van der Waals surface area contributed by atoms with Gasteiger partial charge in [0.25, 0.3) is 5.91 Å². The number of rotatable bonds is 8. The summed E-state index contributed by atoms with van der Waals surface area (Å²) in [4.78, 5) is 16.9. The lowest BCUT2D eigenvalue weighted by Crippen LogP contribution is -2.35. The quantitative estimate of drug-likeness (QED) is 0.729. The summed E-state index contributed by atoms with van der Waals surface area (Å²) < 4.78 is 5.38. The highest BCUT2D eigenvalue weighted by Gasteiger charge is 2.11. The van der Waals surface area contributed by atoms with E-state index in [9.17, 15) is 4.79 Å². The van der Waals surface area contributed by atoms with E-state index in [1.165, 1.54) is 11.3 Å². The molecule has 1 heterocycles. The number of hydrogen-bond donors (Lipinski definition) is 1. The molecular formula is C22H29N3O2. The van der Waals surface area contributed by atoms with E-state index in [0.717, 1.165) is 51.4 Å². The fraction of sp³-hybridized carbons (Fsp3) is 0.409. The van der Waals surface area contributed by atoms with Gasteiger partial charge in [-0.1, -0.05) is 30.3 Å². The smallest absolute Gasteiger partial charge is 0.251 e. The minimum Gasteiger partial charge on any atom is -0.379 e. The summed E-state index contributed by atoms with van der Waals surface area (Å²) >= 11 is 0. The lowest BCUT2D eigenvalue weighted by molar-refractivity contribution is 0.0342. The third kappa shape index (κ3) is 6.08. The topological polar surface area (TPSA) is 44.8 Å². The van der Waals surface area contributed by atoms with Gasteiger partial charge in [-0.2, -0.15) is 0 Å². The molecule has 5 heteroatoms. The molecule has 0 spiro atoms. The monoisotopic (exact) mass is 367 g/mol. The Labute approximate surface area is 161 Å². The van der Waals surface area contributed by atoms with Crippen LogP contribution in [0.15, 0.2) is 54.6 Å². The molecule has 2 aromatic carbocycles. The fourth-order valence-electron chi connectivity index (χ4n) is 3.21. The second-order valence-corrected chi connectivity index (χ2v) is 6.95. The number of anilines is 1. The number of para-hydroxylation sites is 1. The van der Waals surface area contributed by atoms with E-state index < -0.39 is 0 Å². The van der Waals surface area contributed by atoms with E-state index >= 15 is 0 Å². The summed E-state index contributed by atoms with van der Waals surface area (Å²) in [5.74, 6) is -0.00436. The van der Waals surface area contributed by atoms with Crippen molar-refractivity contribution in [1.29, 1.82) is 0 Å². The van der Waals surface area contributed by atoms with Gasteiger partial charge >= 0.3 is 0 Å². The van der Waals surface area contributed by atoms with Crippen LogP contribution in [0.2, 0.25) is 0 Å². The van der Waals surface area contributed by atoms with Gasteiger partial charge in [-0.25, -0.2) is 0 Å². The molecule has 0 unspecified atom stereocenters. The number of benzene rings is 2. The molecule has 2 aromatic rings. The molecule has 5 nitrogen and oxygen atoms in total. The van der Waals surface area contributed by atoms with Crippen molar-refractivity contribution in [3.63, 3.8) is 0 Å². The van der Waals surface area contributed by atoms with Crippen LogP contribution < -0.4 is 10.2 Å². The predicted molar refractivity (Wildman–Crippen MR) is 109 cm³/mol. The lowest BCUT2D eigenvalue weighted by Gasteiger charge is -2.26. The molecule has 1 aliphatic heterocycles. The molecule has 3 rings (SSSR count). The molecule has 1 amide bonds. The van der Waals surface area contributed by atoms with Crippen molar-refractivity contribution in [2.24, 2.45) is 0 Å². The Balaban J connectivity index is 1.39. The van der Waals surface area contributed by atoms with Gasteiger partial charge in [0.2, 0.25) is 0 Å². The number of ether oxygens (including phenoxy) is 1.